The summed E-state index contributed by atoms with van der Waals surface area (Å²) in [6.07, 6.45) is 1.45. The topological polar surface area (TPSA) is 57.2 Å². The average Bonchev–Trinajstić information content (AvgIpc) is 3.17. The molecule has 0 aliphatic carbocycles. The molecule has 0 unspecified atom stereocenters. The van der Waals surface area contributed by atoms with Gasteiger partial charge in [-0.05, 0) is 48.4 Å². The first-order chi connectivity index (χ1) is 16.5. The van der Waals surface area contributed by atoms with Crippen molar-refractivity contribution >= 4 is 11.9 Å². The van der Waals surface area contributed by atoms with Crippen molar-refractivity contribution < 1.29 is 28.1 Å². The van der Waals surface area contributed by atoms with Gasteiger partial charge in [-0.1, -0.05) is 24.3 Å². The fourth-order valence-electron chi connectivity index (χ4n) is 4.35. The highest BCUT2D eigenvalue weighted by atomic mass is 19.1. The third kappa shape index (κ3) is 3.88. The van der Waals surface area contributed by atoms with Gasteiger partial charge >= 0.3 is 0 Å². The Hall–Kier alpha value is -3.84. The molecule has 0 N–H and O–H groups in total. The molecule has 0 aromatic heterocycles. The molecule has 174 valence electrons. The van der Waals surface area contributed by atoms with Crippen LogP contribution in [0.15, 0.2) is 54.3 Å². The minimum Gasteiger partial charge on any atom is -0.493 e. The van der Waals surface area contributed by atoms with Crippen LogP contribution in [0, 0.1) is 12.7 Å². The molecule has 0 amide bonds. The van der Waals surface area contributed by atoms with E-state index in [0.29, 0.717) is 53.9 Å². The number of fused-ring (bicyclic) bond motifs is 3. The molecule has 0 saturated carbocycles. The smallest absolute Gasteiger partial charge is 0.232 e. The predicted octanol–water partition coefficient (Wildman–Crippen LogP) is 5.12. The fourth-order valence-corrected chi connectivity index (χ4v) is 4.35. The van der Waals surface area contributed by atoms with Gasteiger partial charge in [-0.15, -0.1) is 0 Å². The predicted molar refractivity (Wildman–Crippen MR) is 125 cm³/mol. The zero-order valence-corrected chi connectivity index (χ0v) is 19.2. The Labute approximate surface area is 197 Å². The van der Waals surface area contributed by atoms with E-state index in [-0.39, 0.29) is 11.5 Å². The molecule has 6 nitrogen and oxygen atoms in total. The lowest BCUT2D eigenvalue weighted by molar-refractivity contribution is 0.0871. The number of aryl methyl sites for hydroxylation is 1. The zero-order chi connectivity index (χ0) is 23.8. The Morgan fingerprint density at radius 2 is 1.88 bits per heavy atom. The highest BCUT2D eigenvalue weighted by molar-refractivity contribution is 6.15. The lowest BCUT2D eigenvalue weighted by Gasteiger charge is -2.30. The minimum atomic E-state index is -0.412. The summed E-state index contributed by atoms with van der Waals surface area (Å²) in [5, 5.41) is 0. The van der Waals surface area contributed by atoms with E-state index in [1.807, 2.05) is 31.2 Å². The fraction of sp³-hybridized carbons (Fsp3) is 0.222. The van der Waals surface area contributed by atoms with Crippen molar-refractivity contribution in [2.75, 3.05) is 21.0 Å². The molecule has 3 aromatic rings. The van der Waals surface area contributed by atoms with Gasteiger partial charge in [0.1, 0.15) is 24.0 Å². The van der Waals surface area contributed by atoms with E-state index in [0.717, 1.165) is 16.7 Å². The number of ether oxygens (including phenoxy) is 4. The lowest BCUT2D eigenvalue weighted by Crippen LogP contribution is -2.31. The summed E-state index contributed by atoms with van der Waals surface area (Å²) in [4.78, 5) is 15.2. The number of hydrogen-bond acceptors (Lipinski definition) is 6. The Balaban J connectivity index is 1.44. The molecule has 7 heteroatoms. The monoisotopic (exact) mass is 461 g/mol. The first-order valence-corrected chi connectivity index (χ1v) is 10.9. The number of hydrogen-bond donors (Lipinski definition) is 0. The van der Waals surface area contributed by atoms with Crippen LogP contribution in [0.5, 0.6) is 23.0 Å². The van der Waals surface area contributed by atoms with Gasteiger partial charge in [0.15, 0.2) is 17.3 Å². The molecular formula is C27H24FNO5. The third-order valence-electron chi connectivity index (χ3n) is 6.03. The molecule has 3 aromatic carbocycles. The Morgan fingerprint density at radius 1 is 1.09 bits per heavy atom. The van der Waals surface area contributed by atoms with Gasteiger partial charge in [0.2, 0.25) is 5.78 Å². The van der Waals surface area contributed by atoms with Crippen LogP contribution in [0.2, 0.25) is 0 Å². The summed E-state index contributed by atoms with van der Waals surface area (Å²) in [6, 6.07) is 13.9. The first-order valence-electron chi connectivity index (χ1n) is 10.9. The van der Waals surface area contributed by atoms with Crippen LogP contribution in [0.3, 0.4) is 0 Å². The van der Waals surface area contributed by atoms with E-state index < -0.39 is 5.82 Å². The highest BCUT2D eigenvalue weighted by Gasteiger charge is 2.35. The van der Waals surface area contributed by atoms with Gasteiger partial charge < -0.3 is 18.9 Å². The van der Waals surface area contributed by atoms with Gasteiger partial charge in [0.05, 0.1) is 25.3 Å². The summed E-state index contributed by atoms with van der Waals surface area (Å²) in [5.74, 6) is 1.95. The molecule has 0 saturated heterocycles. The van der Waals surface area contributed by atoms with Crippen molar-refractivity contribution in [1.29, 1.82) is 0 Å². The van der Waals surface area contributed by atoms with Crippen LogP contribution in [0.4, 0.5) is 4.39 Å². The standard InChI is InChI=1S/C27H24FNO5/c1-16-10-22-19(14-29(15-33-22)13-17-8-9-21(31-2)23(11-17)32-3)27-25(16)26(30)24(34-27)12-18-6-4-5-7-20(18)28/h4-12H,13-15H2,1-3H3/b24-12-. The van der Waals surface area contributed by atoms with Gasteiger partial charge in [0, 0.05) is 18.7 Å². The summed E-state index contributed by atoms with van der Waals surface area (Å²) in [7, 11) is 3.21. The van der Waals surface area contributed by atoms with Crippen LogP contribution < -0.4 is 18.9 Å². The summed E-state index contributed by atoms with van der Waals surface area (Å²) < 4.78 is 36.9. The largest absolute Gasteiger partial charge is 0.493 e. The molecule has 2 heterocycles. The van der Waals surface area contributed by atoms with Crippen molar-refractivity contribution in [2.45, 2.75) is 20.0 Å². The second-order valence-electron chi connectivity index (χ2n) is 8.29. The van der Waals surface area contributed by atoms with Crippen LogP contribution >= 0.6 is 0 Å². The highest BCUT2D eigenvalue weighted by Crippen LogP contribution is 2.44. The van der Waals surface area contributed by atoms with E-state index in [9.17, 15) is 9.18 Å². The maximum absolute atomic E-state index is 14.2. The van der Waals surface area contributed by atoms with E-state index in [2.05, 4.69) is 4.90 Å². The molecule has 5 rings (SSSR count). The van der Waals surface area contributed by atoms with Gasteiger partial charge in [-0.3, -0.25) is 9.69 Å². The van der Waals surface area contributed by atoms with Crippen LogP contribution in [-0.4, -0.2) is 31.6 Å². The molecule has 2 aliphatic rings. The van der Waals surface area contributed by atoms with E-state index in [1.54, 1.807) is 32.4 Å². The van der Waals surface area contributed by atoms with Crippen molar-refractivity contribution in [1.82, 2.24) is 4.90 Å². The Bertz CT molecular complexity index is 1320. The number of carbonyl (C=O) groups excluding carboxylic acids is 1. The van der Waals surface area contributed by atoms with Crippen LogP contribution in [0.25, 0.3) is 6.08 Å². The van der Waals surface area contributed by atoms with Crippen molar-refractivity contribution in [3.05, 3.63) is 87.9 Å². The van der Waals surface area contributed by atoms with Gasteiger partial charge in [-0.2, -0.15) is 0 Å². The van der Waals surface area contributed by atoms with E-state index >= 15 is 0 Å². The number of carbonyl (C=O) groups is 1. The SMILES string of the molecule is COc1ccc(CN2COc3cc(C)c4c(c3C2)O/C(=C\c2ccccc2F)C4=O)cc1OC. The molecule has 0 radical (unpaired) electrons. The number of Topliss-reactive ketones (excluding diaryl/α,β-unsaturated/α-hetero) is 1. The lowest BCUT2D eigenvalue weighted by atomic mass is 9.98. The normalized spacial score (nSPS) is 16.0. The van der Waals surface area contributed by atoms with Crippen molar-refractivity contribution in [2.24, 2.45) is 0 Å². The number of rotatable bonds is 5. The third-order valence-corrected chi connectivity index (χ3v) is 6.03. The zero-order valence-electron chi connectivity index (χ0n) is 19.2. The van der Waals surface area contributed by atoms with Crippen LogP contribution in [0.1, 0.15) is 32.6 Å². The number of benzene rings is 3. The number of nitrogens with zero attached hydrogens (tertiary/aromatic N) is 1. The average molecular weight is 461 g/mol. The Kier molecular flexibility index (Phi) is 5.71. The maximum Gasteiger partial charge on any atom is 0.232 e. The maximum atomic E-state index is 14.2. The molecular weight excluding hydrogens is 437 g/mol. The minimum absolute atomic E-state index is 0.105. The summed E-state index contributed by atoms with van der Waals surface area (Å²) in [6.45, 7) is 3.39. The van der Waals surface area contributed by atoms with Gasteiger partial charge in [-0.25, -0.2) is 4.39 Å². The number of methoxy groups -OCH3 is 2. The summed E-state index contributed by atoms with van der Waals surface area (Å²) in [5.41, 5.74) is 3.40. The molecule has 0 spiro atoms. The Morgan fingerprint density at radius 3 is 2.65 bits per heavy atom. The van der Waals surface area contributed by atoms with Gasteiger partial charge in [0.25, 0.3) is 0 Å². The van der Waals surface area contributed by atoms with E-state index in [4.69, 9.17) is 18.9 Å². The van der Waals surface area contributed by atoms with Crippen molar-refractivity contribution in [3.63, 3.8) is 0 Å². The second kappa shape index (κ2) is 8.83. The van der Waals surface area contributed by atoms with Crippen molar-refractivity contribution in [3.8, 4) is 23.0 Å². The molecule has 0 bridgehead atoms. The number of ketones is 1. The quantitative estimate of drug-likeness (QED) is 0.492. The second-order valence-corrected chi connectivity index (χ2v) is 8.29. The van der Waals surface area contributed by atoms with Crippen LogP contribution in [-0.2, 0) is 13.1 Å². The number of allylic oxidation sites excluding steroid dienone is 1. The molecule has 0 fully saturated rings. The molecule has 2 aliphatic heterocycles. The molecule has 0 atom stereocenters. The molecule has 34 heavy (non-hydrogen) atoms. The first kappa shape index (κ1) is 22.0. The summed E-state index contributed by atoms with van der Waals surface area (Å²) >= 11 is 0. The van der Waals surface area contributed by atoms with E-state index in [1.165, 1.54) is 12.1 Å². The number of halogens is 1.